The van der Waals surface area contributed by atoms with E-state index < -0.39 is 5.82 Å². The molecule has 8 heteroatoms. The summed E-state index contributed by atoms with van der Waals surface area (Å²) in [6.45, 7) is 5.22. The van der Waals surface area contributed by atoms with E-state index in [1.807, 2.05) is 30.2 Å². The van der Waals surface area contributed by atoms with E-state index in [0.29, 0.717) is 36.0 Å². The lowest BCUT2D eigenvalue weighted by atomic mass is 10.00. The predicted octanol–water partition coefficient (Wildman–Crippen LogP) is 5.84. The fourth-order valence-electron chi connectivity index (χ4n) is 4.27. The van der Waals surface area contributed by atoms with E-state index in [-0.39, 0.29) is 30.3 Å². The topological polar surface area (TPSA) is 49.9 Å². The first-order valence-electron chi connectivity index (χ1n) is 11.6. The van der Waals surface area contributed by atoms with Gasteiger partial charge in [-0.25, -0.2) is 4.39 Å². The molecule has 0 fully saturated rings. The van der Waals surface area contributed by atoms with Gasteiger partial charge in [0.25, 0.3) is 5.91 Å². The van der Waals surface area contributed by atoms with Crippen molar-refractivity contribution >= 4 is 34.8 Å². The van der Waals surface area contributed by atoms with Crippen LogP contribution in [0.15, 0.2) is 60.0 Å². The molecule has 0 unspecified atom stereocenters. The van der Waals surface area contributed by atoms with Crippen molar-refractivity contribution in [2.24, 2.45) is 5.92 Å². The molecule has 2 heterocycles. The number of thiophene rings is 1. The Kier molecular flexibility index (Phi) is 8.08. The van der Waals surface area contributed by atoms with E-state index in [4.69, 9.17) is 16.3 Å². The molecule has 5 nitrogen and oxygen atoms in total. The molecule has 2 aromatic carbocycles. The molecular weight excluding hydrogens is 487 g/mol. The predicted molar refractivity (Wildman–Crippen MR) is 137 cm³/mol. The minimum atomic E-state index is -0.406. The van der Waals surface area contributed by atoms with Gasteiger partial charge in [0.2, 0.25) is 5.91 Å². The van der Waals surface area contributed by atoms with Crippen LogP contribution < -0.4 is 4.74 Å². The van der Waals surface area contributed by atoms with Crippen molar-refractivity contribution in [3.05, 3.63) is 86.8 Å². The van der Waals surface area contributed by atoms with Gasteiger partial charge < -0.3 is 14.5 Å². The average molecular weight is 515 g/mol. The molecule has 4 rings (SSSR count). The average Bonchev–Trinajstić information content (AvgIpc) is 3.32. The van der Waals surface area contributed by atoms with Gasteiger partial charge in [-0.1, -0.05) is 25.4 Å². The SMILES string of the molecule is CC(C)CN(CC(=O)N1CCc2sccc2[C@@H]1COc1ccc(Cl)cc1)C(=O)c1ccc(F)cc1. The minimum absolute atomic E-state index is 0.0503. The first-order valence-corrected chi connectivity index (χ1v) is 12.9. The molecule has 0 saturated carbocycles. The van der Waals surface area contributed by atoms with Gasteiger partial charge in [0.15, 0.2) is 0 Å². The highest BCUT2D eigenvalue weighted by Crippen LogP contribution is 2.34. The number of ether oxygens (including phenoxy) is 1. The highest BCUT2D eigenvalue weighted by atomic mass is 35.5. The quantitative estimate of drug-likeness (QED) is 0.379. The molecule has 1 aliphatic heterocycles. The molecule has 2 amide bonds. The van der Waals surface area contributed by atoms with Crippen LogP contribution in [0.1, 0.15) is 40.7 Å². The Bertz CT molecular complexity index is 1160. The smallest absolute Gasteiger partial charge is 0.254 e. The van der Waals surface area contributed by atoms with E-state index in [9.17, 15) is 14.0 Å². The maximum atomic E-state index is 13.6. The van der Waals surface area contributed by atoms with Gasteiger partial charge >= 0.3 is 0 Å². The normalized spacial score (nSPS) is 15.1. The summed E-state index contributed by atoms with van der Waals surface area (Å²) < 4.78 is 19.4. The lowest BCUT2D eigenvalue weighted by molar-refractivity contribution is -0.135. The van der Waals surface area contributed by atoms with Crippen LogP contribution in [0.3, 0.4) is 0 Å². The standard InChI is InChI=1S/C27H28ClFN2O3S/c1-18(2)15-30(27(33)19-3-7-21(29)8-4-19)16-26(32)31-13-11-25-23(12-14-35-25)24(31)17-34-22-9-5-20(28)6-10-22/h3-10,12,14,18,24H,11,13,15-17H2,1-2H3/t24-/m0/s1. The molecule has 1 aromatic heterocycles. The van der Waals surface area contributed by atoms with Crippen LogP contribution in [0.4, 0.5) is 4.39 Å². The summed E-state index contributed by atoms with van der Waals surface area (Å²) in [5.74, 6) is 0.0199. The Hall–Kier alpha value is -2.90. The maximum absolute atomic E-state index is 13.6. The van der Waals surface area contributed by atoms with Gasteiger partial charge in [-0.05, 0) is 77.9 Å². The zero-order chi connectivity index (χ0) is 24.9. The van der Waals surface area contributed by atoms with E-state index in [2.05, 4.69) is 0 Å². The van der Waals surface area contributed by atoms with Crippen LogP contribution >= 0.6 is 22.9 Å². The van der Waals surface area contributed by atoms with Crippen LogP contribution in [0.25, 0.3) is 0 Å². The van der Waals surface area contributed by atoms with Crippen molar-refractivity contribution in [2.45, 2.75) is 26.3 Å². The summed E-state index contributed by atoms with van der Waals surface area (Å²) in [5.41, 5.74) is 1.45. The van der Waals surface area contributed by atoms with Crippen LogP contribution in [0.5, 0.6) is 5.75 Å². The Balaban J connectivity index is 1.52. The summed E-state index contributed by atoms with van der Waals surface area (Å²) >= 11 is 7.67. The van der Waals surface area contributed by atoms with Crippen LogP contribution in [0, 0.1) is 11.7 Å². The second kappa shape index (κ2) is 11.2. The van der Waals surface area contributed by atoms with Gasteiger partial charge in [-0.15, -0.1) is 11.3 Å². The van der Waals surface area contributed by atoms with Crippen molar-refractivity contribution in [1.29, 1.82) is 0 Å². The van der Waals surface area contributed by atoms with E-state index in [1.54, 1.807) is 40.5 Å². The largest absolute Gasteiger partial charge is 0.491 e. The molecule has 1 aliphatic rings. The second-order valence-corrected chi connectivity index (χ2v) is 10.4. The summed E-state index contributed by atoms with van der Waals surface area (Å²) in [6.07, 6.45) is 0.770. The number of rotatable bonds is 8. The maximum Gasteiger partial charge on any atom is 0.254 e. The Morgan fingerprint density at radius 1 is 1.14 bits per heavy atom. The zero-order valence-corrected chi connectivity index (χ0v) is 21.3. The highest BCUT2D eigenvalue weighted by Gasteiger charge is 2.33. The molecule has 0 N–H and O–H groups in total. The Morgan fingerprint density at radius 3 is 2.54 bits per heavy atom. The number of carbonyl (C=O) groups is 2. The van der Waals surface area contributed by atoms with Gasteiger partial charge in [0.05, 0.1) is 6.04 Å². The first kappa shape index (κ1) is 25.2. The molecule has 0 spiro atoms. The third-order valence-corrected chi connectivity index (χ3v) is 7.18. The third-order valence-electron chi connectivity index (χ3n) is 5.93. The molecule has 184 valence electrons. The molecule has 35 heavy (non-hydrogen) atoms. The van der Waals surface area contributed by atoms with Crippen LogP contribution in [-0.4, -0.2) is 47.9 Å². The summed E-state index contributed by atoms with van der Waals surface area (Å²) in [5, 5.41) is 2.67. The number of nitrogens with zero attached hydrogens (tertiary/aromatic N) is 2. The lowest BCUT2D eigenvalue weighted by Gasteiger charge is -2.37. The van der Waals surface area contributed by atoms with Gasteiger partial charge in [0, 0.05) is 28.6 Å². The zero-order valence-electron chi connectivity index (χ0n) is 19.7. The summed E-state index contributed by atoms with van der Waals surface area (Å²) in [4.78, 5) is 31.4. The summed E-state index contributed by atoms with van der Waals surface area (Å²) in [6, 6.07) is 14.4. The van der Waals surface area contributed by atoms with E-state index >= 15 is 0 Å². The number of carbonyl (C=O) groups excluding carboxylic acids is 2. The molecule has 0 saturated heterocycles. The second-order valence-electron chi connectivity index (χ2n) is 9.00. The van der Waals surface area contributed by atoms with E-state index in [1.165, 1.54) is 29.1 Å². The monoisotopic (exact) mass is 514 g/mol. The minimum Gasteiger partial charge on any atom is -0.491 e. The van der Waals surface area contributed by atoms with Crippen LogP contribution in [-0.2, 0) is 11.2 Å². The van der Waals surface area contributed by atoms with Crippen molar-refractivity contribution in [3.63, 3.8) is 0 Å². The van der Waals surface area contributed by atoms with Crippen molar-refractivity contribution in [3.8, 4) is 5.75 Å². The number of amides is 2. The van der Waals surface area contributed by atoms with Crippen molar-refractivity contribution in [1.82, 2.24) is 9.80 Å². The number of benzene rings is 2. The first-order chi connectivity index (χ1) is 16.8. The molecule has 0 aliphatic carbocycles. The van der Waals surface area contributed by atoms with E-state index in [0.717, 1.165) is 12.0 Å². The molecule has 0 radical (unpaired) electrons. The van der Waals surface area contributed by atoms with Crippen molar-refractivity contribution in [2.75, 3.05) is 26.2 Å². The fraction of sp³-hybridized carbons (Fsp3) is 0.333. The molecular formula is C27H28ClFN2O3S. The number of hydrogen-bond donors (Lipinski definition) is 0. The van der Waals surface area contributed by atoms with Gasteiger partial charge in [0.1, 0.15) is 24.7 Å². The lowest BCUT2D eigenvalue weighted by Crippen LogP contribution is -2.48. The molecule has 1 atom stereocenters. The summed E-state index contributed by atoms with van der Waals surface area (Å²) in [7, 11) is 0. The number of hydrogen-bond acceptors (Lipinski definition) is 4. The Morgan fingerprint density at radius 2 is 1.86 bits per heavy atom. The van der Waals surface area contributed by atoms with Gasteiger partial charge in [-0.3, -0.25) is 9.59 Å². The van der Waals surface area contributed by atoms with Crippen LogP contribution in [0.2, 0.25) is 5.02 Å². The molecule has 3 aromatic rings. The number of halogens is 2. The van der Waals surface area contributed by atoms with Crippen molar-refractivity contribution < 1.29 is 18.7 Å². The fourth-order valence-corrected chi connectivity index (χ4v) is 5.32. The Labute approximate surface area is 214 Å². The third kappa shape index (κ3) is 6.21. The van der Waals surface area contributed by atoms with Gasteiger partial charge in [-0.2, -0.15) is 0 Å². The highest BCUT2D eigenvalue weighted by molar-refractivity contribution is 7.10. The number of fused-ring (bicyclic) bond motifs is 1. The molecule has 0 bridgehead atoms.